The standard InChI is InChI=1S/C15H19N3/c1-12-6-7-15(16)13(9-12)10-18(2)11-14-5-3-4-8-17-14/h3-9H,10-11,16H2,1-2H3. The summed E-state index contributed by atoms with van der Waals surface area (Å²) < 4.78 is 0. The Balaban J connectivity index is 2.03. The fraction of sp³-hybridized carbons (Fsp3) is 0.267. The maximum absolute atomic E-state index is 5.99. The van der Waals surface area contributed by atoms with E-state index in [1.54, 1.807) is 0 Å². The van der Waals surface area contributed by atoms with Crippen molar-refractivity contribution in [3.8, 4) is 0 Å². The van der Waals surface area contributed by atoms with E-state index >= 15 is 0 Å². The summed E-state index contributed by atoms with van der Waals surface area (Å²) in [6.07, 6.45) is 1.82. The van der Waals surface area contributed by atoms with Crippen LogP contribution in [0.5, 0.6) is 0 Å². The molecule has 94 valence electrons. The first-order valence-corrected chi connectivity index (χ1v) is 6.08. The number of aromatic nitrogens is 1. The van der Waals surface area contributed by atoms with Gasteiger partial charge in [-0.05, 0) is 37.7 Å². The van der Waals surface area contributed by atoms with Crippen LogP contribution >= 0.6 is 0 Å². The Morgan fingerprint density at radius 3 is 2.72 bits per heavy atom. The van der Waals surface area contributed by atoms with Crippen LogP contribution in [0.4, 0.5) is 5.69 Å². The van der Waals surface area contributed by atoms with E-state index in [4.69, 9.17) is 5.73 Å². The molecule has 0 bridgehead atoms. The number of hydrogen-bond acceptors (Lipinski definition) is 3. The van der Waals surface area contributed by atoms with E-state index in [0.29, 0.717) is 0 Å². The third-order valence-electron chi connectivity index (χ3n) is 2.90. The molecule has 0 unspecified atom stereocenters. The first kappa shape index (κ1) is 12.6. The van der Waals surface area contributed by atoms with Crippen LogP contribution in [-0.2, 0) is 13.1 Å². The third kappa shape index (κ3) is 3.31. The summed E-state index contributed by atoms with van der Waals surface area (Å²) in [5.41, 5.74) is 10.3. The van der Waals surface area contributed by atoms with Crippen molar-refractivity contribution in [2.75, 3.05) is 12.8 Å². The zero-order valence-corrected chi connectivity index (χ0v) is 10.9. The van der Waals surface area contributed by atoms with E-state index < -0.39 is 0 Å². The largest absolute Gasteiger partial charge is 0.398 e. The summed E-state index contributed by atoms with van der Waals surface area (Å²) in [5, 5.41) is 0. The predicted molar refractivity (Wildman–Crippen MR) is 75.0 cm³/mol. The predicted octanol–water partition coefficient (Wildman–Crippen LogP) is 2.60. The number of rotatable bonds is 4. The smallest absolute Gasteiger partial charge is 0.0543 e. The lowest BCUT2D eigenvalue weighted by atomic mass is 10.1. The Morgan fingerprint density at radius 1 is 1.17 bits per heavy atom. The molecule has 1 aromatic carbocycles. The SMILES string of the molecule is Cc1ccc(N)c(CN(C)Cc2ccccn2)c1. The second-order valence-corrected chi connectivity index (χ2v) is 4.70. The quantitative estimate of drug-likeness (QED) is 0.837. The van der Waals surface area contributed by atoms with Gasteiger partial charge in [-0.2, -0.15) is 0 Å². The van der Waals surface area contributed by atoms with Gasteiger partial charge in [-0.25, -0.2) is 0 Å². The van der Waals surface area contributed by atoms with Crippen molar-refractivity contribution in [2.24, 2.45) is 0 Å². The minimum atomic E-state index is 0.828. The van der Waals surface area contributed by atoms with Crippen molar-refractivity contribution < 1.29 is 0 Å². The average Bonchev–Trinajstić information content (AvgIpc) is 2.35. The van der Waals surface area contributed by atoms with E-state index in [2.05, 4.69) is 29.9 Å². The van der Waals surface area contributed by atoms with Crippen LogP contribution < -0.4 is 5.73 Å². The van der Waals surface area contributed by atoms with Crippen molar-refractivity contribution >= 4 is 5.69 Å². The monoisotopic (exact) mass is 241 g/mol. The molecule has 0 spiro atoms. The molecule has 3 nitrogen and oxygen atoms in total. The second kappa shape index (κ2) is 5.65. The van der Waals surface area contributed by atoms with Crippen molar-refractivity contribution in [2.45, 2.75) is 20.0 Å². The van der Waals surface area contributed by atoms with E-state index in [1.807, 2.05) is 36.5 Å². The lowest BCUT2D eigenvalue weighted by Crippen LogP contribution is -2.18. The van der Waals surface area contributed by atoms with E-state index in [0.717, 1.165) is 24.5 Å². The van der Waals surface area contributed by atoms with Gasteiger partial charge in [-0.3, -0.25) is 9.88 Å². The van der Waals surface area contributed by atoms with Crippen LogP contribution in [0.2, 0.25) is 0 Å². The fourth-order valence-electron chi connectivity index (χ4n) is 1.99. The molecule has 0 radical (unpaired) electrons. The maximum atomic E-state index is 5.99. The molecule has 0 aliphatic carbocycles. The van der Waals surface area contributed by atoms with Crippen LogP contribution in [0.3, 0.4) is 0 Å². The van der Waals surface area contributed by atoms with Gasteiger partial charge < -0.3 is 5.73 Å². The molecule has 0 aliphatic rings. The maximum Gasteiger partial charge on any atom is 0.0543 e. The Kier molecular flexibility index (Phi) is 3.95. The minimum absolute atomic E-state index is 0.828. The molecule has 0 saturated heterocycles. The number of aryl methyl sites for hydroxylation is 1. The highest BCUT2D eigenvalue weighted by Gasteiger charge is 2.05. The van der Waals surface area contributed by atoms with Crippen LogP contribution in [0.1, 0.15) is 16.8 Å². The third-order valence-corrected chi connectivity index (χ3v) is 2.90. The highest BCUT2D eigenvalue weighted by Crippen LogP contribution is 2.16. The van der Waals surface area contributed by atoms with Crippen LogP contribution in [-0.4, -0.2) is 16.9 Å². The molecule has 0 fully saturated rings. The number of nitrogens with zero attached hydrogens (tertiary/aromatic N) is 2. The van der Waals surface area contributed by atoms with Gasteiger partial charge in [0.05, 0.1) is 5.69 Å². The van der Waals surface area contributed by atoms with Crippen LogP contribution in [0.15, 0.2) is 42.6 Å². The number of hydrogen-bond donors (Lipinski definition) is 1. The molecule has 2 aromatic rings. The van der Waals surface area contributed by atoms with Gasteiger partial charge in [0.1, 0.15) is 0 Å². The molecule has 1 heterocycles. The molecular weight excluding hydrogens is 222 g/mol. The van der Waals surface area contributed by atoms with Gasteiger partial charge in [0.2, 0.25) is 0 Å². The molecule has 1 aromatic heterocycles. The molecule has 0 atom stereocenters. The average molecular weight is 241 g/mol. The zero-order chi connectivity index (χ0) is 13.0. The number of nitrogen functional groups attached to an aromatic ring is 1. The van der Waals surface area contributed by atoms with Crippen molar-refractivity contribution in [3.63, 3.8) is 0 Å². The topological polar surface area (TPSA) is 42.1 Å². The zero-order valence-electron chi connectivity index (χ0n) is 10.9. The van der Waals surface area contributed by atoms with Gasteiger partial charge >= 0.3 is 0 Å². The summed E-state index contributed by atoms with van der Waals surface area (Å²) in [6.45, 7) is 3.75. The summed E-state index contributed by atoms with van der Waals surface area (Å²) in [5.74, 6) is 0. The molecule has 2 N–H and O–H groups in total. The summed E-state index contributed by atoms with van der Waals surface area (Å²) in [4.78, 5) is 6.54. The van der Waals surface area contributed by atoms with E-state index in [1.165, 1.54) is 11.1 Å². The Bertz CT molecular complexity index is 508. The molecule has 18 heavy (non-hydrogen) atoms. The number of benzene rings is 1. The molecule has 0 aliphatic heterocycles. The summed E-state index contributed by atoms with van der Waals surface area (Å²) in [6, 6.07) is 12.1. The minimum Gasteiger partial charge on any atom is -0.398 e. The normalized spacial score (nSPS) is 10.8. The van der Waals surface area contributed by atoms with E-state index in [9.17, 15) is 0 Å². The van der Waals surface area contributed by atoms with Gasteiger partial charge in [0.25, 0.3) is 0 Å². The van der Waals surface area contributed by atoms with Gasteiger partial charge in [-0.15, -0.1) is 0 Å². The Labute approximate surface area is 108 Å². The first-order chi connectivity index (χ1) is 8.65. The molecule has 0 amide bonds. The number of nitrogens with two attached hydrogens (primary N) is 1. The second-order valence-electron chi connectivity index (χ2n) is 4.70. The first-order valence-electron chi connectivity index (χ1n) is 6.08. The van der Waals surface area contributed by atoms with Crippen LogP contribution in [0.25, 0.3) is 0 Å². The lowest BCUT2D eigenvalue weighted by molar-refractivity contribution is 0.315. The van der Waals surface area contributed by atoms with Crippen molar-refractivity contribution in [1.82, 2.24) is 9.88 Å². The Morgan fingerprint density at radius 2 is 2.00 bits per heavy atom. The van der Waals surface area contributed by atoms with Gasteiger partial charge in [0.15, 0.2) is 0 Å². The van der Waals surface area contributed by atoms with E-state index in [-0.39, 0.29) is 0 Å². The van der Waals surface area contributed by atoms with Gasteiger partial charge in [-0.1, -0.05) is 23.8 Å². The lowest BCUT2D eigenvalue weighted by Gasteiger charge is -2.17. The fourth-order valence-corrected chi connectivity index (χ4v) is 1.99. The molecular formula is C15H19N3. The van der Waals surface area contributed by atoms with Crippen molar-refractivity contribution in [1.29, 1.82) is 0 Å². The summed E-state index contributed by atoms with van der Waals surface area (Å²) in [7, 11) is 2.08. The van der Waals surface area contributed by atoms with Crippen LogP contribution in [0, 0.1) is 6.92 Å². The summed E-state index contributed by atoms with van der Waals surface area (Å²) >= 11 is 0. The molecule has 0 saturated carbocycles. The highest BCUT2D eigenvalue weighted by molar-refractivity contribution is 5.48. The van der Waals surface area contributed by atoms with Gasteiger partial charge in [0, 0.05) is 25.0 Å². The molecule has 3 heteroatoms. The number of anilines is 1. The molecule has 2 rings (SSSR count). The Hall–Kier alpha value is -1.87. The number of pyridine rings is 1. The van der Waals surface area contributed by atoms with Crippen molar-refractivity contribution in [3.05, 3.63) is 59.4 Å². The highest BCUT2D eigenvalue weighted by atomic mass is 15.1.